The van der Waals surface area contributed by atoms with Crippen LogP contribution in [-0.2, 0) is 32.6 Å². The van der Waals surface area contributed by atoms with Gasteiger partial charge in [-0.2, -0.15) is 0 Å². The SMILES string of the molecule is Cc1ccc(N(CCCC(=O)N(Cc2c(Cl)cccc2Cl)C(Cc2ccccc2)C(=O)NC2CCCCC2)S(C)(=O)=O)cc1. The van der Waals surface area contributed by atoms with Gasteiger partial charge in [0.1, 0.15) is 6.04 Å². The average Bonchev–Trinajstić information content (AvgIpc) is 2.99. The first kappa shape index (κ1) is 33.8. The van der Waals surface area contributed by atoms with Crippen molar-refractivity contribution in [2.45, 2.75) is 76.9 Å². The third kappa shape index (κ3) is 9.46. The Bertz CT molecular complexity index is 1490. The van der Waals surface area contributed by atoms with Crippen LogP contribution in [0, 0.1) is 6.92 Å². The Morgan fingerprint density at radius 3 is 2.16 bits per heavy atom. The lowest BCUT2D eigenvalue weighted by molar-refractivity contribution is -0.141. The molecule has 3 aromatic rings. The van der Waals surface area contributed by atoms with E-state index in [1.54, 1.807) is 35.2 Å². The van der Waals surface area contributed by atoms with Crippen LogP contribution in [0.25, 0.3) is 0 Å². The first-order valence-corrected chi connectivity index (χ1v) is 17.7. The molecule has 7 nitrogen and oxygen atoms in total. The van der Waals surface area contributed by atoms with Gasteiger partial charge in [-0.05, 0) is 56.0 Å². The first-order valence-electron chi connectivity index (χ1n) is 15.1. The van der Waals surface area contributed by atoms with Crippen molar-refractivity contribution in [2.75, 3.05) is 17.1 Å². The van der Waals surface area contributed by atoms with Crippen molar-refractivity contribution >= 4 is 50.7 Å². The number of halogens is 2. The molecule has 1 aliphatic rings. The molecule has 10 heteroatoms. The predicted octanol–water partition coefficient (Wildman–Crippen LogP) is 6.94. The molecule has 1 unspecified atom stereocenters. The maximum atomic E-state index is 14.1. The number of nitrogens with one attached hydrogen (secondary N) is 1. The highest BCUT2D eigenvalue weighted by Crippen LogP contribution is 2.28. The van der Waals surface area contributed by atoms with Gasteiger partial charge >= 0.3 is 0 Å². The van der Waals surface area contributed by atoms with Gasteiger partial charge in [0.15, 0.2) is 0 Å². The van der Waals surface area contributed by atoms with Crippen molar-refractivity contribution in [2.24, 2.45) is 0 Å². The van der Waals surface area contributed by atoms with Crippen molar-refractivity contribution in [1.82, 2.24) is 10.2 Å². The quantitative estimate of drug-likeness (QED) is 0.216. The molecule has 0 radical (unpaired) electrons. The Kier molecular flexibility index (Phi) is 12.1. The Morgan fingerprint density at radius 1 is 0.909 bits per heavy atom. The lowest BCUT2D eigenvalue weighted by atomic mass is 9.94. The van der Waals surface area contributed by atoms with Crippen molar-refractivity contribution in [3.8, 4) is 0 Å². The van der Waals surface area contributed by atoms with Gasteiger partial charge in [-0.15, -0.1) is 0 Å². The molecule has 1 saturated carbocycles. The van der Waals surface area contributed by atoms with Gasteiger partial charge in [-0.3, -0.25) is 13.9 Å². The Balaban J connectivity index is 1.62. The van der Waals surface area contributed by atoms with Crippen molar-refractivity contribution in [3.63, 3.8) is 0 Å². The van der Waals surface area contributed by atoms with E-state index in [9.17, 15) is 18.0 Å². The first-order chi connectivity index (χ1) is 21.0. The van der Waals surface area contributed by atoms with Crippen LogP contribution in [0.5, 0.6) is 0 Å². The molecule has 0 spiro atoms. The molecule has 1 fully saturated rings. The van der Waals surface area contributed by atoms with Gasteiger partial charge in [-0.1, -0.05) is 96.6 Å². The van der Waals surface area contributed by atoms with Gasteiger partial charge in [-0.25, -0.2) is 8.42 Å². The molecule has 0 aromatic heterocycles. The van der Waals surface area contributed by atoms with Crippen LogP contribution >= 0.6 is 23.2 Å². The fourth-order valence-corrected chi connectivity index (χ4v) is 7.15. The maximum Gasteiger partial charge on any atom is 0.243 e. The number of rotatable bonds is 13. The molecule has 1 N–H and O–H groups in total. The molecular weight excluding hydrogens is 617 g/mol. The molecule has 4 rings (SSSR count). The molecule has 44 heavy (non-hydrogen) atoms. The molecule has 0 aliphatic heterocycles. The zero-order valence-corrected chi connectivity index (χ0v) is 27.7. The zero-order valence-electron chi connectivity index (χ0n) is 25.3. The Labute approximate surface area is 271 Å². The lowest BCUT2D eigenvalue weighted by Gasteiger charge is -2.34. The minimum absolute atomic E-state index is 0.0297. The number of amides is 2. The summed E-state index contributed by atoms with van der Waals surface area (Å²) in [7, 11) is -3.59. The van der Waals surface area contributed by atoms with Crippen LogP contribution in [0.1, 0.15) is 61.6 Å². The van der Waals surface area contributed by atoms with Crippen LogP contribution in [0.3, 0.4) is 0 Å². The summed E-state index contributed by atoms with van der Waals surface area (Å²) in [5.74, 6) is -0.493. The van der Waals surface area contributed by atoms with Gasteiger partial charge in [0.05, 0.1) is 11.9 Å². The minimum Gasteiger partial charge on any atom is -0.352 e. The topological polar surface area (TPSA) is 86.8 Å². The number of nitrogens with zero attached hydrogens (tertiary/aromatic N) is 2. The number of carbonyl (C=O) groups excluding carboxylic acids is 2. The van der Waals surface area contributed by atoms with E-state index >= 15 is 0 Å². The molecule has 1 atom stereocenters. The second-order valence-corrected chi connectivity index (χ2v) is 14.3. The second-order valence-electron chi connectivity index (χ2n) is 11.5. The van der Waals surface area contributed by atoms with Crippen LogP contribution < -0.4 is 9.62 Å². The summed E-state index contributed by atoms with van der Waals surface area (Å²) in [4.78, 5) is 29.7. The number of aryl methyl sites for hydroxylation is 1. The molecular formula is C34H41Cl2N3O4S. The summed E-state index contributed by atoms with van der Waals surface area (Å²) >= 11 is 13.1. The van der Waals surface area contributed by atoms with E-state index in [1.165, 1.54) is 4.31 Å². The van der Waals surface area contributed by atoms with E-state index in [4.69, 9.17) is 23.2 Å². The zero-order chi connectivity index (χ0) is 31.7. The fourth-order valence-electron chi connectivity index (χ4n) is 5.67. The summed E-state index contributed by atoms with van der Waals surface area (Å²) < 4.78 is 26.7. The smallest absolute Gasteiger partial charge is 0.243 e. The van der Waals surface area contributed by atoms with E-state index in [0.29, 0.717) is 27.7 Å². The number of hydrogen-bond acceptors (Lipinski definition) is 4. The summed E-state index contributed by atoms with van der Waals surface area (Å²) in [5.41, 5.74) is 3.04. The van der Waals surface area contributed by atoms with Gasteiger partial charge in [0, 0.05) is 47.6 Å². The Morgan fingerprint density at radius 2 is 1.55 bits per heavy atom. The summed E-state index contributed by atoms with van der Waals surface area (Å²) in [6.45, 7) is 2.09. The van der Waals surface area contributed by atoms with Gasteiger partial charge in [0.25, 0.3) is 0 Å². The van der Waals surface area contributed by atoms with E-state index in [-0.39, 0.29) is 43.8 Å². The molecule has 1 aliphatic carbocycles. The number of anilines is 1. The number of benzene rings is 3. The normalized spacial score (nSPS) is 14.5. The fraction of sp³-hybridized carbons (Fsp3) is 0.412. The molecule has 2 amide bonds. The Hall–Kier alpha value is -3.07. The van der Waals surface area contributed by atoms with Crippen molar-refractivity contribution in [3.05, 3.63) is 99.5 Å². The lowest BCUT2D eigenvalue weighted by Crippen LogP contribution is -2.53. The average molecular weight is 659 g/mol. The van der Waals surface area contributed by atoms with Crippen LogP contribution in [-0.4, -0.2) is 50.0 Å². The van der Waals surface area contributed by atoms with E-state index in [2.05, 4.69) is 5.32 Å². The summed E-state index contributed by atoms with van der Waals surface area (Å²) in [6.07, 6.45) is 6.86. The van der Waals surface area contributed by atoms with Crippen molar-refractivity contribution in [1.29, 1.82) is 0 Å². The largest absolute Gasteiger partial charge is 0.352 e. The molecule has 0 heterocycles. The summed E-state index contributed by atoms with van der Waals surface area (Å²) in [5, 5.41) is 4.04. The van der Waals surface area contributed by atoms with Crippen LogP contribution in [0.15, 0.2) is 72.8 Å². The highest BCUT2D eigenvalue weighted by molar-refractivity contribution is 7.92. The number of hydrogen-bond donors (Lipinski definition) is 1. The standard InChI is InChI=1S/C34H41Cl2N3O4S/c1-25-18-20-28(21-19-25)39(44(2,42)43)22-10-17-33(40)38(24-29-30(35)15-9-16-31(29)36)32(23-26-11-5-3-6-12-26)34(41)37-27-13-7-4-8-14-27/h3,5-6,9,11-12,15-16,18-21,27,32H,4,7-8,10,13-14,17,22-24H2,1-2H3,(H,37,41). The van der Waals surface area contributed by atoms with E-state index in [0.717, 1.165) is 49.5 Å². The second kappa shape index (κ2) is 15.8. The predicted molar refractivity (Wildman–Crippen MR) is 179 cm³/mol. The van der Waals surface area contributed by atoms with E-state index in [1.807, 2.05) is 49.4 Å². The number of carbonyl (C=O) groups is 2. The van der Waals surface area contributed by atoms with Crippen LogP contribution in [0.2, 0.25) is 10.0 Å². The van der Waals surface area contributed by atoms with Gasteiger partial charge in [0.2, 0.25) is 21.8 Å². The third-order valence-corrected chi connectivity index (χ3v) is 9.99. The third-order valence-electron chi connectivity index (χ3n) is 8.09. The highest BCUT2D eigenvalue weighted by Gasteiger charge is 2.33. The van der Waals surface area contributed by atoms with Gasteiger partial charge < -0.3 is 10.2 Å². The maximum absolute atomic E-state index is 14.1. The molecule has 0 bridgehead atoms. The monoisotopic (exact) mass is 657 g/mol. The molecule has 0 saturated heterocycles. The highest BCUT2D eigenvalue weighted by atomic mass is 35.5. The molecule has 3 aromatic carbocycles. The minimum atomic E-state index is -3.59. The number of sulfonamides is 1. The summed E-state index contributed by atoms with van der Waals surface area (Å²) in [6, 6.07) is 21.3. The van der Waals surface area contributed by atoms with E-state index < -0.39 is 16.1 Å². The van der Waals surface area contributed by atoms with Crippen LogP contribution in [0.4, 0.5) is 5.69 Å². The van der Waals surface area contributed by atoms with Crippen molar-refractivity contribution < 1.29 is 18.0 Å². The molecule has 236 valence electrons.